The highest BCUT2D eigenvalue weighted by molar-refractivity contribution is 5.79. The summed E-state index contributed by atoms with van der Waals surface area (Å²) >= 11 is 0. The van der Waals surface area contributed by atoms with Gasteiger partial charge in [0.05, 0.1) is 32.4 Å². The maximum absolute atomic E-state index is 5.57. The summed E-state index contributed by atoms with van der Waals surface area (Å²) in [6.07, 6.45) is 1.14. The van der Waals surface area contributed by atoms with Gasteiger partial charge in [-0.1, -0.05) is 29.8 Å². The molecule has 6 nitrogen and oxygen atoms in total. The van der Waals surface area contributed by atoms with Gasteiger partial charge in [0, 0.05) is 45.8 Å². The van der Waals surface area contributed by atoms with Gasteiger partial charge in [0.1, 0.15) is 0 Å². The van der Waals surface area contributed by atoms with Gasteiger partial charge in [-0.15, -0.1) is 0 Å². The van der Waals surface area contributed by atoms with Gasteiger partial charge in [-0.05, 0) is 25.8 Å². The zero-order chi connectivity index (χ0) is 19.8. The van der Waals surface area contributed by atoms with Crippen LogP contribution in [0.3, 0.4) is 0 Å². The van der Waals surface area contributed by atoms with E-state index in [4.69, 9.17) is 14.5 Å². The number of benzene rings is 1. The molecule has 2 fully saturated rings. The molecule has 2 aliphatic rings. The molecule has 6 heteroatoms. The largest absolute Gasteiger partial charge is 0.381 e. The molecule has 2 heterocycles. The van der Waals surface area contributed by atoms with Crippen LogP contribution in [0.25, 0.3) is 0 Å². The number of aliphatic imine (C=N–C) groups is 1. The third-order valence-corrected chi connectivity index (χ3v) is 5.62. The Hall–Kier alpha value is -1.63. The highest BCUT2D eigenvalue weighted by Crippen LogP contribution is 2.23. The average Bonchev–Trinajstić information content (AvgIpc) is 3.22. The SMILES string of the molecule is CCNC(=NCC(c1ccc(C)cc1)N1CCOCC1)N(C)CC1CCOC1. The summed E-state index contributed by atoms with van der Waals surface area (Å²) in [4.78, 5) is 9.80. The van der Waals surface area contributed by atoms with Gasteiger partial charge in [-0.3, -0.25) is 9.89 Å². The fourth-order valence-corrected chi connectivity index (χ4v) is 3.95. The smallest absolute Gasteiger partial charge is 0.193 e. The Labute approximate surface area is 169 Å². The van der Waals surface area contributed by atoms with Gasteiger partial charge in [0.2, 0.25) is 0 Å². The van der Waals surface area contributed by atoms with Crippen molar-refractivity contribution in [2.24, 2.45) is 10.9 Å². The Bertz CT molecular complexity index is 607. The number of ether oxygens (including phenoxy) is 2. The summed E-state index contributed by atoms with van der Waals surface area (Å²) < 4.78 is 11.1. The Morgan fingerprint density at radius 3 is 2.61 bits per heavy atom. The van der Waals surface area contributed by atoms with Gasteiger partial charge in [0.25, 0.3) is 0 Å². The molecule has 0 aromatic heterocycles. The number of hydrogen-bond donors (Lipinski definition) is 1. The quantitative estimate of drug-likeness (QED) is 0.574. The van der Waals surface area contributed by atoms with E-state index in [0.29, 0.717) is 5.92 Å². The summed E-state index contributed by atoms with van der Waals surface area (Å²) in [5.74, 6) is 1.58. The molecule has 0 bridgehead atoms. The Morgan fingerprint density at radius 2 is 1.96 bits per heavy atom. The van der Waals surface area contributed by atoms with Crippen LogP contribution in [-0.4, -0.2) is 82.0 Å². The van der Waals surface area contributed by atoms with E-state index < -0.39 is 0 Å². The molecule has 1 N–H and O–H groups in total. The number of guanidine groups is 1. The molecule has 2 atom stereocenters. The number of nitrogens with zero attached hydrogens (tertiary/aromatic N) is 3. The predicted molar refractivity (Wildman–Crippen MR) is 114 cm³/mol. The maximum Gasteiger partial charge on any atom is 0.193 e. The molecule has 1 aromatic rings. The maximum atomic E-state index is 5.57. The van der Waals surface area contributed by atoms with Crippen LogP contribution in [0.4, 0.5) is 0 Å². The van der Waals surface area contributed by atoms with Gasteiger partial charge in [-0.2, -0.15) is 0 Å². The summed E-state index contributed by atoms with van der Waals surface area (Å²) in [5.41, 5.74) is 2.62. The first-order chi connectivity index (χ1) is 13.7. The minimum Gasteiger partial charge on any atom is -0.381 e. The number of rotatable bonds is 7. The topological polar surface area (TPSA) is 49.3 Å². The lowest BCUT2D eigenvalue weighted by molar-refractivity contribution is 0.0179. The van der Waals surface area contributed by atoms with Crippen LogP contribution in [-0.2, 0) is 9.47 Å². The summed E-state index contributed by atoms with van der Waals surface area (Å²) in [6, 6.07) is 9.17. The molecule has 0 amide bonds. The Kier molecular flexibility index (Phi) is 8.13. The molecule has 0 saturated carbocycles. The zero-order valence-electron chi connectivity index (χ0n) is 17.7. The van der Waals surface area contributed by atoms with Crippen molar-refractivity contribution in [1.29, 1.82) is 0 Å². The monoisotopic (exact) mass is 388 g/mol. The minimum absolute atomic E-state index is 0.279. The predicted octanol–water partition coefficient (Wildman–Crippen LogP) is 2.30. The normalized spacial score (nSPS) is 22.2. The van der Waals surface area contributed by atoms with Crippen molar-refractivity contribution in [2.45, 2.75) is 26.3 Å². The first-order valence-electron chi connectivity index (χ1n) is 10.6. The zero-order valence-corrected chi connectivity index (χ0v) is 17.7. The minimum atomic E-state index is 0.279. The fourth-order valence-electron chi connectivity index (χ4n) is 3.95. The van der Waals surface area contributed by atoms with Crippen molar-refractivity contribution in [3.05, 3.63) is 35.4 Å². The first-order valence-corrected chi connectivity index (χ1v) is 10.6. The van der Waals surface area contributed by atoms with Gasteiger partial charge >= 0.3 is 0 Å². The second-order valence-electron chi connectivity index (χ2n) is 7.88. The van der Waals surface area contributed by atoms with Crippen molar-refractivity contribution in [3.63, 3.8) is 0 Å². The van der Waals surface area contributed by atoms with E-state index in [-0.39, 0.29) is 6.04 Å². The second-order valence-corrected chi connectivity index (χ2v) is 7.88. The van der Waals surface area contributed by atoms with Gasteiger partial charge < -0.3 is 19.7 Å². The highest BCUT2D eigenvalue weighted by Gasteiger charge is 2.23. The number of hydrogen-bond acceptors (Lipinski definition) is 4. The van der Waals surface area contributed by atoms with Crippen LogP contribution >= 0.6 is 0 Å². The van der Waals surface area contributed by atoms with Gasteiger partial charge in [0.15, 0.2) is 5.96 Å². The Balaban J connectivity index is 1.73. The number of aryl methyl sites for hydroxylation is 1. The lowest BCUT2D eigenvalue weighted by Gasteiger charge is -2.34. The lowest BCUT2D eigenvalue weighted by Crippen LogP contribution is -2.43. The van der Waals surface area contributed by atoms with E-state index in [9.17, 15) is 0 Å². The van der Waals surface area contributed by atoms with Crippen LogP contribution in [0.15, 0.2) is 29.3 Å². The van der Waals surface area contributed by atoms with E-state index in [0.717, 1.165) is 71.5 Å². The van der Waals surface area contributed by atoms with E-state index in [1.54, 1.807) is 0 Å². The lowest BCUT2D eigenvalue weighted by atomic mass is 10.0. The van der Waals surface area contributed by atoms with E-state index >= 15 is 0 Å². The molecule has 28 heavy (non-hydrogen) atoms. The molecule has 3 rings (SSSR count). The molecule has 0 spiro atoms. The molecule has 2 saturated heterocycles. The summed E-state index contributed by atoms with van der Waals surface area (Å²) in [6.45, 7) is 12.1. The van der Waals surface area contributed by atoms with Crippen LogP contribution in [0.5, 0.6) is 0 Å². The fraction of sp³-hybridized carbons (Fsp3) is 0.682. The van der Waals surface area contributed by atoms with Crippen LogP contribution in [0.1, 0.15) is 30.5 Å². The van der Waals surface area contributed by atoms with E-state index in [1.165, 1.54) is 11.1 Å². The molecule has 2 aliphatic heterocycles. The molecule has 156 valence electrons. The van der Waals surface area contributed by atoms with Crippen molar-refractivity contribution in [3.8, 4) is 0 Å². The van der Waals surface area contributed by atoms with Crippen molar-refractivity contribution >= 4 is 5.96 Å². The van der Waals surface area contributed by atoms with Crippen LogP contribution in [0.2, 0.25) is 0 Å². The van der Waals surface area contributed by atoms with E-state index in [2.05, 4.69) is 60.3 Å². The third-order valence-electron chi connectivity index (χ3n) is 5.62. The van der Waals surface area contributed by atoms with Crippen molar-refractivity contribution in [2.75, 3.05) is 66.2 Å². The number of nitrogens with one attached hydrogen (secondary N) is 1. The molecular weight excluding hydrogens is 352 g/mol. The molecule has 1 aromatic carbocycles. The highest BCUT2D eigenvalue weighted by atomic mass is 16.5. The van der Waals surface area contributed by atoms with Crippen LogP contribution < -0.4 is 5.32 Å². The summed E-state index contributed by atoms with van der Waals surface area (Å²) in [7, 11) is 2.13. The second kappa shape index (κ2) is 10.8. The molecule has 0 radical (unpaired) electrons. The molecular formula is C22H36N4O2. The van der Waals surface area contributed by atoms with E-state index in [1.807, 2.05) is 0 Å². The third kappa shape index (κ3) is 5.93. The van der Waals surface area contributed by atoms with Crippen LogP contribution in [0, 0.1) is 12.8 Å². The van der Waals surface area contributed by atoms with Crippen molar-refractivity contribution < 1.29 is 9.47 Å². The van der Waals surface area contributed by atoms with Crippen molar-refractivity contribution in [1.82, 2.24) is 15.1 Å². The van der Waals surface area contributed by atoms with Gasteiger partial charge in [-0.25, -0.2) is 0 Å². The standard InChI is InChI=1S/C22H36N4O2/c1-4-23-22(25(3)16-19-9-12-28-17-19)24-15-21(26-10-13-27-14-11-26)20-7-5-18(2)6-8-20/h5-8,19,21H,4,9-17H2,1-3H3,(H,23,24). The Morgan fingerprint density at radius 1 is 1.21 bits per heavy atom. The molecule has 0 aliphatic carbocycles. The first kappa shape index (κ1) is 21.1. The molecule has 2 unspecified atom stereocenters. The average molecular weight is 389 g/mol. The summed E-state index contributed by atoms with van der Waals surface area (Å²) in [5, 5.41) is 3.47. The number of morpholine rings is 1.